The highest BCUT2D eigenvalue weighted by molar-refractivity contribution is 5.69. The summed E-state index contributed by atoms with van der Waals surface area (Å²) in [4.78, 5) is 11.2. The van der Waals surface area contributed by atoms with E-state index in [9.17, 15) is 4.79 Å². The summed E-state index contributed by atoms with van der Waals surface area (Å²) in [7, 11) is 1.50. The fourth-order valence-electron chi connectivity index (χ4n) is 2.23. The normalized spacial score (nSPS) is 29.3. The van der Waals surface area contributed by atoms with Gasteiger partial charge >= 0.3 is 5.97 Å². The SMILES string of the molecule is CCOC(=O)CC1CC(C)[C@@H](C)C1.CN. The number of nitrogens with two attached hydrogens (primary N) is 1. The third-order valence-electron chi connectivity index (χ3n) is 3.14. The lowest BCUT2D eigenvalue weighted by Gasteiger charge is -2.07. The Hall–Kier alpha value is -0.570. The molecule has 1 aliphatic rings. The highest BCUT2D eigenvalue weighted by Crippen LogP contribution is 2.37. The molecule has 15 heavy (non-hydrogen) atoms. The van der Waals surface area contributed by atoms with Gasteiger partial charge in [-0.15, -0.1) is 0 Å². The molecule has 1 rings (SSSR count). The van der Waals surface area contributed by atoms with Gasteiger partial charge in [0.25, 0.3) is 0 Å². The molecule has 3 nitrogen and oxygen atoms in total. The van der Waals surface area contributed by atoms with Crippen LogP contribution in [0.25, 0.3) is 0 Å². The first kappa shape index (κ1) is 14.4. The van der Waals surface area contributed by atoms with E-state index < -0.39 is 0 Å². The Morgan fingerprint density at radius 2 is 1.73 bits per heavy atom. The van der Waals surface area contributed by atoms with Gasteiger partial charge in [0.05, 0.1) is 6.61 Å². The van der Waals surface area contributed by atoms with Crippen molar-refractivity contribution in [3.63, 3.8) is 0 Å². The van der Waals surface area contributed by atoms with Crippen molar-refractivity contribution < 1.29 is 9.53 Å². The molecule has 3 heteroatoms. The molecule has 0 aromatic carbocycles. The first-order chi connectivity index (χ1) is 7.13. The zero-order valence-electron chi connectivity index (χ0n) is 10.5. The van der Waals surface area contributed by atoms with Crippen LogP contribution in [-0.2, 0) is 9.53 Å². The van der Waals surface area contributed by atoms with Gasteiger partial charge in [-0.25, -0.2) is 0 Å². The molecule has 0 radical (unpaired) electrons. The van der Waals surface area contributed by atoms with Gasteiger partial charge in [0, 0.05) is 6.42 Å². The molecule has 1 fully saturated rings. The summed E-state index contributed by atoms with van der Waals surface area (Å²) in [6, 6.07) is 0. The summed E-state index contributed by atoms with van der Waals surface area (Å²) < 4.78 is 4.94. The molecule has 0 spiro atoms. The van der Waals surface area contributed by atoms with E-state index in [0.29, 0.717) is 18.9 Å². The van der Waals surface area contributed by atoms with Crippen LogP contribution in [0.4, 0.5) is 0 Å². The number of esters is 1. The fourth-order valence-corrected chi connectivity index (χ4v) is 2.23. The number of carbonyl (C=O) groups excluding carboxylic acids is 1. The van der Waals surface area contributed by atoms with E-state index in [4.69, 9.17) is 4.74 Å². The van der Waals surface area contributed by atoms with Crippen molar-refractivity contribution in [1.29, 1.82) is 0 Å². The Labute approximate surface area is 93.4 Å². The van der Waals surface area contributed by atoms with Gasteiger partial charge in [-0.2, -0.15) is 0 Å². The van der Waals surface area contributed by atoms with Crippen molar-refractivity contribution in [1.82, 2.24) is 0 Å². The zero-order valence-corrected chi connectivity index (χ0v) is 10.5. The topological polar surface area (TPSA) is 52.3 Å². The zero-order chi connectivity index (χ0) is 11.8. The molecular formula is C12H25NO2. The van der Waals surface area contributed by atoms with E-state index in [2.05, 4.69) is 19.6 Å². The van der Waals surface area contributed by atoms with Gasteiger partial charge in [0.15, 0.2) is 0 Å². The monoisotopic (exact) mass is 215 g/mol. The predicted molar refractivity (Wildman–Crippen MR) is 62.4 cm³/mol. The van der Waals surface area contributed by atoms with Crippen LogP contribution in [0.1, 0.15) is 40.0 Å². The van der Waals surface area contributed by atoms with E-state index in [1.165, 1.54) is 19.9 Å². The average molecular weight is 215 g/mol. The van der Waals surface area contributed by atoms with Crippen LogP contribution < -0.4 is 5.73 Å². The third-order valence-corrected chi connectivity index (χ3v) is 3.14. The van der Waals surface area contributed by atoms with Gasteiger partial charge in [0.1, 0.15) is 0 Å². The molecule has 3 atom stereocenters. The van der Waals surface area contributed by atoms with Crippen LogP contribution in [0.3, 0.4) is 0 Å². The smallest absolute Gasteiger partial charge is 0.306 e. The Kier molecular flexibility index (Phi) is 7.39. The number of hydrogen-bond donors (Lipinski definition) is 1. The molecule has 2 N–H and O–H groups in total. The van der Waals surface area contributed by atoms with E-state index >= 15 is 0 Å². The number of ether oxygens (including phenoxy) is 1. The molecular weight excluding hydrogens is 190 g/mol. The second kappa shape index (κ2) is 7.69. The summed E-state index contributed by atoms with van der Waals surface area (Å²) in [6.07, 6.45) is 3.02. The van der Waals surface area contributed by atoms with Gasteiger partial charge in [0.2, 0.25) is 0 Å². The molecule has 0 aromatic heterocycles. The predicted octanol–water partition coefficient (Wildman–Crippen LogP) is 2.20. The minimum Gasteiger partial charge on any atom is -0.466 e. The van der Waals surface area contributed by atoms with E-state index in [0.717, 1.165) is 11.8 Å². The van der Waals surface area contributed by atoms with E-state index in [1.54, 1.807) is 0 Å². The van der Waals surface area contributed by atoms with Crippen LogP contribution in [0.2, 0.25) is 0 Å². The summed E-state index contributed by atoms with van der Waals surface area (Å²) in [5, 5.41) is 0. The maximum atomic E-state index is 11.2. The molecule has 0 heterocycles. The Balaban J connectivity index is 0.000000921. The Morgan fingerprint density at radius 3 is 2.13 bits per heavy atom. The number of rotatable bonds is 3. The third kappa shape index (κ3) is 5.17. The fraction of sp³-hybridized carbons (Fsp3) is 0.917. The molecule has 0 saturated heterocycles. The summed E-state index contributed by atoms with van der Waals surface area (Å²) in [5.74, 6) is 2.11. The maximum absolute atomic E-state index is 11.2. The standard InChI is InChI=1S/C11H20O2.CH5N/c1-4-13-11(12)7-10-5-8(2)9(3)6-10;1-2/h8-10H,4-7H2,1-3H3;2H2,1H3/t8-,9?,10?;/m0./s1. The highest BCUT2D eigenvalue weighted by Gasteiger charge is 2.29. The molecule has 0 bridgehead atoms. The first-order valence-electron chi connectivity index (χ1n) is 5.86. The minimum atomic E-state index is -0.0196. The van der Waals surface area contributed by atoms with Gasteiger partial charge in [-0.3, -0.25) is 4.79 Å². The Morgan fingerprint density at radius 1 is 1.27 bits per heavy atom. The summed E-state index contributed by atoms with van der Waals surface area (Å²) in [5.41, 5.74) is 4.50. The average Bonchev–Trinajstić information content (AvgIpc) is 2.49. The van der Waals surface area contributed by atoms with Crippen molar-refractivity contribution >= 4 is 5.97 Å². The van der Waals surface area contributed by atoms with Gasteiger partial charge in [-0.05, 0) is 44.6 Å². The van der Waals surface area contributed by atoms with Gasteiger partial charge < -0.3 is 10.5 Å². The summed E-state index contributed by atoms with van der Waals surface area (Å²) in [6.45, 7) is 6.92. The molecule has 1 aliphatic carbocycles. The minimum absolute atomic E-state index is 0.0196. The first-order valence-corrected chi connectivity index (χ1v) is 5.86. The van der Waals surface area contributed by atoms with Crippen LogP contribution >= 0.6 is 0 Å². The lowest BCUT2D eigenvalue weighted by Crippen LogP contribution is -2.09. The molecule has 90 valence electrons. The van der Waals surface area contributed by atoms with Crippen LogP contribution in [-0.4, -0.2) is 19.6 Å². The van der Waals surface area contributed by atoms with Crippen molar-refractivity contribution in [2.45, 2.75) is 40.0 Å². The highest BCUT2D eigenvalue weighted by atomic mass is 16.5. The number of hydrogen-bond acceptors (Lipinski definition) is 3. The quantitative estimate of drug-likeness (QED) is 0.734. The molecule has 0 aliphatic heterocycles. The van der Waals surface area contributed by atoms with Crippen LogP contribution in [0, 0.1) is 17.8 Å². The molecule has 0 aromatic rings. The molecule has 2 unspecified atom stereocenters. The Bertz CT molecular complexity index is 172. The molecule has 0 amide bonds. The molecule has 1 saturated carbocycles. The summed E-state index contributed by atoms with van der Waals surface area (Å²) >= 11 is 0. The number of carbonyl (C=O) groups is 1. The van der Waals surface area contributed by atoms with E-state index in [-0.39, 0.29) is 5.97 Å². The lowest BCUT2D eigenvalue weighted by molar-refractivity contribution is -0.144. The van der Waals surface area contributed by atoms with Crippen molar-refractivity contribution in [3.05, 3.63) is 0 Å². The lowest BCUT2D eigenvalue weighted by atomic mass is 10.0. The van der Waals surface area contributed by atoms with Crippen LogP contribution in [0.5, 0.6) is 0 Å². The van der Waals surface area contributed by atoms with Crippen molar-refractivity contribution in [2.24, 2.45) is 23.5 Å². The second-order valence-electron chi connectivity index (χ2n) is 4.30. The van der Waals surface area contributed by atoms with Crippen molar-refractivity contribution in [2.75, 3.05) is 13.7 Å². The largest absolute Gasteiger partial charge is 0.466 e. The van der Waals surface area contributed by atoms with Crippen molar-refractivity contribution in [3.8, 4) is 0 Å². The second-order valence-corrected chi connectivity index (χ2v) is 4.30. The van der Waals surface area contributed by atoms with E-state index in [1.807, 2.05) is 6.92 Å². The van der Waals surface area contributed by atoms with Gasteiger partial charge in [-0.1, -0.05) is 13.8 Å². The van der Waals surface area contributed by atoms with Crippen LogP contribution in [0.15, 0.2) is 0 Å². The maximum Gasteiger partial charge on any atom is 0.306 e.